The Morgan fingerprint density at radius 1 is 0.929 bits per heavy atom. The van der Waals surface area contributed by atoms with Gasteiger partial charge in [0, 0.05) is 17.8 Å². The molecule has 0 atom stereocenters. The minimum Gasteiger partial charge on any atom is -0.322 e. The fourth-order valence-electron chi connectivity index (χ4n) is 3.44. The number of nitrogens with one attached hydrogen (secondary N) is 1. The fraction of sp³-hybridized carbons (Fsp3) is 0.136. The normalized spacial score (nSPS) is 13.2. The highest BCUT2D eigenvalue weighted by Crippen LogP contribution is 2.32. The van der Waals surface area contributed by atoms with Crippen molar-refractivity contribution in [3.63, 3.8) is 0 Å². The van der Waals surface area contributed by atoms with E-state index in [0.29, 0.717) is 29.9 Å². The highest BCUT2D eigenvalue weighted by Gasteiger charge is 2.26. The van der Waals surface area contributed by atoms with Crippen molar-refractivity contribution in [1.29, 1.82) is 0 Å². The SMILES string of the molecule is CS(=O)(=O)N1CCc2cc(NC(=O)c3ccc(-c4ccccc4)cc3)ccc21. The minimum absolute atomic E-state index is 0.197. The van der Waals surface area contributed by atoms with Gasteiger partial charge >= 0.3 is 0 Å². The molecule has 0 fully saturated rings. The molecule has 0 aromatic heterocycles. The second-order valence-corrected chi connectivity index (χ2v) is 8.73. The Hall–Kier alpha value is -3.12. The van der Waals surface area contributed by atoms with E-state index in [1.165, 1.54) is 10.6 Å². The molecule has 0 spiro atoms. The molecule has 1 N–H and O–H groups in total. The number of fused-ring (bicyclic) bond motifs is 1. The van der Waals surface area contributed by atoms with E-state index in [1.54, 1.807) is 24.3 Å². The van der Waals surface area contributed by atoms with Gasteiger partial charge in [0.25, 0.3) is 5.91 Å². The van der Waals surface area contributed by atoms with Crippen molar-refractivity contribution in [1.82, 2.24) is 0 Å². The average Bonchev–Trinajstić information content (AvgIpc) is 3.12. The van der Waals surface area contributed by atoms with E-state index in [2.05, 4.69) is 5.32 Å². The Kier molecular flexibility index (Phi) is 4.65. The van der Waals surface area contributed by atoms with Crippen LogP contribution in [-0.2, 0) is 16.4 Å². The van der Waals surface area contributed by atoms with Crippen LogP contribution in [0.5, 0.6) is 0 Å². The van der Waals surface area contributed by atoms with Gasteiger partial charge in [-0.3, -0.25) is 9.10 Å². The smallest absolute Gasteiger partial charge is 0.255 e. The van der Waals surface area contributed by atoms with E-state index >= 15 is 0 Å². The third-order valence-corrected chi connectivity index (χ3v) is 6.02. The van der Waals surface area contributed by atoms with Crippen LogP contribution in [0.1, 0.15) is 15.9 Å². The Bertz CT molecular complexity index is 1120. The number of hydrogen-bond donors (Lipinski definition) is 1. The lowest BCUT2D eigenvalue weighted by Gasteiger charge is -2.16. The lowest BCUT2D eigenvalue weighted by Crippen LogP contribution is -2.27. The zero-order valence-corrected chi connectivity index (χ0v) is 16.2. The van der Waals surface area contributed by atoms with E-state index in [0.717, 1.165) is 16.7 Å². The van der Waals surface area contributed by atoms with Crippen molar-refractivity contribution in [2.75, 3.05) is 22.4 Å². The molecule has 142 valence electrons. The summed E-state index contributed by atoms with van der Waals surface area (Å²) < 4.78 is 25.1. The predicted molar refractivity (Wildman–Crippen MR) is 112 cm³/mol. The van der Waals surface area contributed by atoms with Crippen molar-refractivity contribution in [3.8, 4) is 11.1 Å². The highest BCUT2D eigenvalue weighted by molar-refractivity contribution is 7.92. The Morgan fingerprint density at radius 3 is 2.29 bits per heavy atom. The van der Waals surface area contributed by atoms with Crippen LogP contribution in [-0.4, -0.2) is 27.1 Å². The number of carbonyl (C=O) groups excluding carboxylic acids is 1. The van der Waals surface area contributed by atoms with Crippen LogP contribution in [0.4, 0.5) is 11.4 Å². The van der Waals surface area contributed by atoms with Crippen molar-refractivity contribution in [2.24, 2.45) is 0 Å². The molecule has 28 heavy (non-hydrogen) atoms. The summed E-state index contributed by atoms with van der Waals surface area (Å²) >= 11 is 0. The monoisotopic (exact) mass is 392 g/mol. The second-order valence-electron chi connectivity index (χ2n) is 6.83. The van der Waals surface area contributed by atoms with Crippen LogP contribution < -0.4 is 9.62 Å². The molecule has 1 amide bonds. The first-order chi connectivity index (χ1) is 13.4. The molecule has 0 aliphatic carbocycles. The summed E-state index contributed by atoms with van der Waals surface area (Å²) in [7, 11) is -3.28. The van der Waals surface area contributed by atoms with Gasteiger partial charge in [-0.15, -0.1) is 0 Å². The maximum absolute atomic E-state index is 12.6. The quantitative estimate of drug-likeness (QED) is 0.732. The topological polar surface area (TPSA) is 66.5 Å². The molecule has 5 nitrogen and oxygen atoms in total. The van der Waals surface area contributed by atoms with Crippen LogP contribution in [0.15, 0.2) is 72.8 Å². The van der Waals surface area contributed by atoms with Crippen LogP contribution in [0.3, 0.4) is 0 Å². The molecule has 3 aromatic carbocycles. The molecule has 0 saturated carbocycles. The Morgan fingerprint density at radius 2 is 1.61 bits per heavy atom. The molecule has 4 rings (SSSR count). The minimum atomic E-state index is -3.28. The molecular formula is C22H20N2O3S. The third kappa shape index (κ3) is 3.64. The molecule has 1 heterocycles. The standard InChI is InChI=1S/C22H20N2O3S/c1-28(26,27)24-14-13-19-15-20(11-12-21(19)24)23-22(25)18-9-7-17(8-10-18)16-5-3-2-4-6-16/h2-12,15H,13-14H2,1H3,(H,23,25). The zero-order valence-electron chi connectivity index (χ0n) is 15.4. The van der Waals surface area contributed by atoms with Gasteiger partial charge in [0.2, 0.25) is 10.0 Å². The number of rotatable bonds is 4. The zero-order chi connectivity index (χ0) is 19.7. The number of benzene rings is 3. The molecular weight excluding hydrogens is 372 g/mol. The first kappa shape index (κ1) is 18.3. The van der Waals surface area contributed by atoms with Gasteiger partial charge in [0.15, 0.2) is 0 Å². The predicted octanol–water partition coefficient (Wildman–Crippen LogP) is 3.93. The molecule has 0 bridgehead atoms. The molecule has 0 saturated heterocycles. The van der Waals surface area contributed by atoms with Crippen molar-refractivity contribution >= 4 is 27.3 Å². The van der Waals surface area contributed by atoms with Crippen molar-refractivity contribution in [3.05, 3.63) is 83.9 Å². The summed E-state index contributed by atoms with van der Waals surface area (Å²) in [6, 6.07) is 22.8. The summed E-state index contributed by atoms with van der Waals surface area (Å²) in [4.78, 5) is 12.6. The number of hydrogen-bond acceptors (Lipinski definition) is 3. The maximum Gasteiger partial charge on any atom is 0.255 e. The van der Waals surface area contributed by atoms with Crippen LogP contribution in [0.2, 0.25) is 0 Å². The molecule has 0 unspecified atom stereocenters. The number of amides is 1. The number of nitrogens with zero attached hydrogens (tertiary/aromatic N) is 1. The van der Waals surface area contributed by atoms with E-state index in [-0.39, 0.29) is 5.91 Å². The van der Waals surface area contributed by atoms with Gasteiger partial charge < -0.3 is 5.32 Å². The van der Waals surface area contributed by atoms with Crippen LogP contribution >= 0.6 is 0 Å². The fourth-order valence-corrected chi connectivity index (χ4v) is 4.40. The Labute approximate surface area is 164 Å². The third-order valence-electron chi connectivity index (χ3n) is 4.84. The van der Waals surface area contributed by atoms with Crippen molar-refractivity contribution < 1.29 is 13.2 Å². The van der Waals surface area contributed by atoms with Crippen LogP contribution in [0, 0.1) is 0 Å². The van der Waals surface area contributed by atoms with Crippen LogP contribution in [0.25, 0.3) is 11.1 Å². The van der Waals surface area contributed by atoms with Crippen molar-refractivity contribution in [2.45, 2.75) is 6.42 Å². The Balaban J connectivity index is 1.50. The van der Waals surface area contributed by atoms with E-state index in [1.807, 2.05) is 48.5 Å². The van der Waals surface area contributed by atoms with E-state index in [4.69, 9.17) is 0 Å². The lowest BCUT2D eigenvalue weighted by atomic mass is 10.0. The molecule has 0 radical (unpaired) electrons. The second kappa shape index (κ2) is 7.13. The van der Waals surface area contributed by atoms with Gasteiger partial charge in [-0.25, -0.2) is 8.42 Å². The largest absolute Gasteiger partial charge is 0.322 e. The van der Waals surface area contributed by atoms with E-state index in [9.17, 15) is 13.2 Å². The van der Waals surface area contributed by atoms with Gasteiger partial charge in [0.1, 0.15) is 0 Å². The van der Waals surface area contributed by atoms with E-state index < -0.39 is 10.0 Å². The highest BCUT2D eigenvalue weighted by atomic mass is 32.2. The number of carbonyl (C=O) groups is 1. The molecule has 6 heteroatoms. The molecule has 1 aliphatic rings. The summed E-state index contributed by atoms with van der Waals surface area (Å²) in [5.74, 6) is -0.197. The molecule has 1 aliphatic heterocycles. The molecule has 3 aromatic rings. The summed E-state index contributed by atoms with van der Waals surface area (Å²) in [6.07, 6.45) is 1.84. The first-order valence-corrected chi connectivity index (χ1v) is 10.8. The average molecular weight is 392 g/mol. The maximum atomic E-state index is 12.6. The first-order valence-electron chi connectivity index (χ1n) is 8.99. The lowest BCUT2D eigenvalue weighted by molar-refractivity contribution is 0.102. The number of sulfonamides is 1. The number of anilines is 2. The van der Waals surface area contributed by atoms with Gasteiger partial charge in [-0.2, -0.15) is 0 Å². The van der Waals surface area contributed by atoms with Gasteiger partial charge in [-0.05, 0) is 53.4 Å². The van der Waals surface area contributed by atoms with Gasteiger partial charge in [0.05, 0.1) is 11.9 Å². The van der Waals surface area contributed by atoms with Gasteiger partial charge in [-0.1, -0.05) is 42.5 Å². The summed E-state index contributed by atoms with van der Waals surface area (Å²) in [5.41, 5.74) is 4.98. The summed E-state index contributed by atoms with van der Waals surface area (Å²) in [6.45, 7) is 0.437. The summed E-state index contributed by atoms with van der Waals surface area (Å²) in [5, 5.41) is 2.89.